The van der Waals surface area contributed by atoms with Crippen molar-refractivity contribution in [2.45, 2.75) is 32.2 Å². The highest BCUT2D eigenvalue weighted by atomic mass is 16.4. The summed E-state index contributed by atoms with van der Waals surface area (Å²) in [4.78, 5) is 13.6. The van der Waals surface area contributed by atoms with Crippen molar-refractivity contribution >= 4 is 11.7 Å². The number of fused-ring (bicyclic) bond motifs is 2. The Balaban J connectivity index is 1.66. The minimum atomic E-state index is -0.934. The normalized spacial score (nSPS) is 27.4. The third-order valence-electron chi connectivity index (χ3n) is 5.27. The van der Waals surface area contributed by atoms with Gasteiger partial charge in [-0.2, -0.15) is 0 Å². The third kappa shape index (κ3) is 2.91. The van der Waals surface area contributed by atoms with Crippen LogP contribution in [0.15, 0.2) is 18.2 Å². The van der Waals surface area contributed by atoms with Crippen molar-refractivity contribution in [3.63, 3.8) is 0 Å². The van der Waals surface area contributed by atoms with Gasteiger partial charge in [-0.3, -0.25) is 0 Å². The Hall–Kier alpha value is -1.55. The zero-order chi connectivity index (χ0) is 15.0. The second-order valence-corrected chi connectivity index (χ2v) is 6.82. The second-order valence-electron chi connectivity index (χ2n) is 6.82. The van der Waals surface area contributed by atoms with E-state index in [1.54, 1.807) is 6.07 Å². The Labute approximate surface area is 125 Å². The number of rotatable bonds is 5. The summed E-state index contributed by atoms with van der Waals surface area (Å²) in [5, 5.41) is 9.33. The predicted octanol–water partition coefficient (Wildman–Crippen LogP) is 2.84. The highest BCUT2D eigenvalue weighted by molar-refractivity contribution is 5.95. The van der Waals surface area contributed by atoms with Crippen LogP contribution in [0.2, 0.25) is 0 Å². The number of nitrogens with two attached hydrogens (primary N) is 1. The zero-order valence-corrected chi connectivity index (χ0v) is 12.6. The van der Waals surface area contributed by atoms with Gasteiger partial charge in [-0.1, -0.05) is 18.6 Å². The van der Waals surface area contributed by atoms with E-state index in [-0.39, 0.29) is 5.56 Å². The molecule has 2 aliphatic rings. The molecule has 4 heteroatoms. The average molecular weight is 288 g/mol. The molecule has 2 saturated carbocycles. The molecule has 2 aliphatic carbocycles. The topological polar surface area (TPSA) is 66.6 Å². The largest absolute Gasteiger partial charge is 0.478 e. The van der Waals surface area contributed by atoms with Crippen LogP contribution in [0.5, 0.6) is 0 Å². The molecule has 0 amide bonds. The minimum Gasteiger partial charge on any atom is -0.478 e. The Morgan fingerprint density at radius 2 is 2.19 bits per heavy atom. The molecule has 3 atom stereocenters. The summed E-state index contributed by atoms with van der Waals surface area (Å²) in [5.41, 5.74) is 7.24. The highest BCUT2D eigenvalue weighted by Gasteiger charge is 2.39. The van der Waals surface area contributed by atoms with Gasteiger partial charge in [0.1, 0.15) is 0 Å². The van der Waals surface area contributed by atoms with Crippen molar-refractivity contribution in [1.82, 2.24) is 4.90 Å². The first kappa shape index (κ1) is 14.4. The molecule has 0 aliphatic heterocycles. The number of benzene rings is 1. The zero-order valence-electron chi connectivity index (χ0n) is 12.6. The van der Waals surface area contributed by atoms with Gasteiger partial charge in [0.25, 0.3) is 0 Å². The van der Waals surface area contributed by atoms with Crippen molar-refractivity contribution in [2.75, 3.05) is 19.3 Å². The highest BCUT2D eigenvalue weighted by Crippen LogP contribution is 2.48. The number of aromatic carboxylic acids is 1. The molecule has 114 valence electrons. The first-order valence-corrected chi connectivity index (χ1v) is 7.83. The monoisotopic (exact) mass is 288 g/mol. The van der Waals surface area contributed by atoms with Crippen LogP contribution in [-0.2, 0) is 6.54 Å². The molecule has 1 aromatic carbocycles. The van der Waals surface area contributed by atoms with E-state index in [4.69, 9.17) is 5.73 Å². The Bertz CT molecular complexity index is 544. The minimum absolute atomic E-state index is 0.261. The second kappa shape index (κ2) is 5.68. The standard InChI is InChI=1S/C17H24N2O2/c1-19(10-14-8-11-5-6-12(14)7-11)9-13-3-2-4-15(18)16(13)17(20)21/h2-4,11-12,14H,5-10,18H2,1H3,(H,20,21). The van der Waals surface area contributed by atoms with Gasteiger partial charge in [-0.05, 0) is 55.7 Å². The molecule has 1 aromatic rings. The summed E-state index contributed by atoms with van der Waals surface area (Å²) in [6.07, 6.45) is 5.58. The van der Waals surface area contributed by atoms with E-state index < -0.39 is 5.97 Å². The van der Waals surface area contributed by atoms with Gasteiger partial charge in [-0.15, -0.1) is 0 Å². The number of carbonyl (C=O) groups is 1. The maximum Gasteiger partial charge on any atom is 0.338 e. The molecule has 0 saturated heterocycles. The molecule has 2 bridgehead atoms. The molecule has 0 aromatic heterocycles. The molecular formula is C17H24N2O2. The number of nitrogen functional groups attached to an aromatic ring is 1. The van der Waals surface area contributed by atoms with Crippen LogP contribution in [0.1, 0.15) is 41.6 Å². The number of anilines is 1. The van der Waals surface area contributed by atoms with Crippen LogP contribution in [0, 0.1) is 17.8 Å². The van der Waals surface area contributed by atoms with Crippen molar-refractivity contribution in [3.8, 4) is 0 Å². The molecule has 4 nitrogen and oxygen atoms in total. The van der Waals surface area contributed by atoms with E-state index in [9.17, 15) is 9.90 Å². The lowest BCUT2D eigenvalue weighted by molar-refractivity contribution is 0.0695. The van der Waals surface area contributed by atoms with Gasteiger partial charge in [0, 0.05) is 18.8 Å². The molecule has 0 heterocycles. The number of nitrogens with zero attached hydrogens (tertiary/aromatic N) is 1. The van der Waals surface area contributed by atoms with E-state index in [0.717, 1.165) is 29.9 Å². The maximum absolute atomic E-state index is 11.4. The first-order chi connectivity index (χ1) is 10.0. The Kier molecular flexibility index (Phi) is 3.89. The van der Waals surface area contributed by atoms with Crippen LogP contribution in [0.3, 0.4) is 0 Å². The number of carboxylic acids is 1. The van der Waals surface area contributed by atoms with Crippen LogP contribution in [0.4, 0.5) is 5.69 Å². The summed E-state index contributed by atoms with van der Waals surface area (Å²) < 4.78 is 0. The Morgan fingerprint density at radius 1 is 1.38 bits per heavy atom. The fraction of sp³-hybridized carbons (Fsp3) is 0.588. The van der Waals surface area contributed by atoms with E-state index in [1.165, 1.54) is 25.7 Å². The Morgan fingerprint density at radius 3 is 2.81 bits per heavy atom. The molecule has 3 unspecified atom stereocenters. The van der Waals surface area contributed by atoms with E-state index in [0.29, 0.717) is 12.2 Å². The lowest BCUT2D eigenvalue weighted by Crippen LogP contribution is -2.29. The van der Waals surface area contributed by atoms with Crippen molar-refractivity contribution in [1.29, 1.82) is 0 Å². The molecular weight excluding hydrogens is 264 g/mol. The van der Waals surface area contributed by atoms with Crippen LogP contribution >= 0.6 is 0 Å². The average Bonchev–Trinajstić information content (AvgIpc) is 3.00. The van der Waals surface area contributed by atoms with Crippen molar-refractivity contribution in [2.24, 2.45) is 17.8 Å². The fourth-order valence-electron chi connectivity index (χ4n) is 4.37. The van der Waals surface area contributed by atoms with Gasteiger partial charge in [0.15, 0.2) is 0 Å². The third-order valence-corrected chi connectivity index (χ3v) is 5.27. The summed E-state index contributed by atoms with van der Waals surface area (Å²) in [5.74, 6) is 1.71. The van der Waals surface area contributed by atoms with E-state index >= 15 is 0 Å². The lowest BCUT2D eigenvalue weighted by atomic mass is 9.88. The van der Waals surface area contributed by atoms with Crippen molar-refractivity contribution in [3.05, 3.63) is 29.3 Å². The molecule has 0 radical (unpaired) electrons. The summed E-state index contributed by atoms with van der Waals surface area (Å²) in [6.45, 7) is 1.72. The van der Waals surface area contributed by atoms with Gasteiger partial charge < -0.3 is 15.7 Å². The molecule has 21 heavy (non-hydrogen) atoms. The summed E-state index contributed by atoms with van der Waals surface area (Å²) >= 11 is 0. The molecule has 3 N–H and O–H groups in total. The predicted molar refractivity (Wildman–Crippen MR) is 83.1 cm³/mol. The molecule has 0 spiro atoms. The van der Waals surface area contributed by atoms with Crippen molar-refractivity contribution < 1.29 is 9.90 Å². The smallest absolute Gasteiger partial charge is 0.338 e. The van der Waals surface area contributed by atoms with Gasteiger partial charge in [-0.25, -0.2) is 4.79 Å². The number of hydrogen-bond donors (Lipinski definition) is 2. The maximum atomic E-state index is 11.4. The lowest BCUT2D eigenvalue weighted by Gasteiger charge is -2.27. The van der Waals surface area contributed by atoms with E-state index in [2.05, 4.69) is 11.9 Å². The van der Waals surface area contributed by atoms with Gasteiger partial charge in [0.05, 0.1) is 5.56 Å². The van der Waals surface area contributed by atoms with Crippen LogP contribution in [-0.4, -0.2) is 29.6 Å². The van der Waals surface area contributed by atoms with E-state index in [1.807, 2.05) is 12.1 Å². The fourth-order valence-corrected chi connectivity index (χ4v) is 4.37. The van der Waals surface area contributed by atoms with Crippen LogP contribution in [0.25, 0.3) is 0 Å². The number of carboxylic acid groups (broad SMARTS) is 1. The molecule has 3 rings (SSSR count). The summed E-state index contributed by atoms with van der Waals surface area (Å²) in [6, 6.07) is 5.36. The SMILES string of the molecule is CN(Cc1cccc(N)c1C(=O)O)CC1CC2CCC1C2. The van der Waals surface area contributed by atoms with Gasteiger partial charge in [0.2, 0.25) is 0 Å². The van der Waals surface area contributed by atoms with Crippen LogP contribution < -0.4 is 5.73 Å². The van der Waals surface area contributed by atoms with Gasteiger partial charge >= 0.3 is 5.97 Å². The number of hydrogen-bond acceptors (Lipinski definition) is 3. The summed E-state index contributed by atoms with van der Waals surface area (Å²) in [7, 11) is 2.08. The first-order valence-electron chi connectivity index (χ1n) is 7.83. The quantitative estimate of drug-likeness (QED) is 0.818. The molecule has 2 fully saturated rings.